The van der Waals surface area contributed by atoms with Crippen LogP contribution in [-0.2, 0) is 9.53 Å². The van der Waals surface area contributed by atoms with Gasteiger partial charge in [-0.1, -0.05) is 19.3 Å². The minimum Gasteiger partial charge on any atom is -0.465 e. The van der Waals surface area contributed by atoms with Gasteiger partial charge in [-0.15, -0.1) is 0 Å². The van der Waals surface area contributed by atoms with Gasteiger partial charge in [-0.3, -0.25) is 4.79 Å². The van der Waals surface area contributed by atoms with E-state index in [-0.39, 0.29) is 5.97 Å². The van der Waals surface area contributed by atoms with Gasteiger partial charge >= 0.3 is 5.97 Å². The topological polar surface area (TPSA) is 38.3 Å². The summed E-state index contributed by atoms with van der Waals surface area (Å²) in [6.07, 6.45) is 7.45. The third-order valence-corrected chi connectivity index (χ3v) is 4.13. The van der Waals surface area contributed by atoms with Crippen molar-refractivity contribution < 1.29 is 9.53 Å². The highest BCUT2D eigenvalue weighted by Crippen LogP contribution is 2.35. The highest BCUT2D eigenvalue weighted by atomic mass is 16.5. The van der Waals surface area contributed by atoms with Gasteiger partial charge < -0.3 is 10.1 Å². The number of nitrogens with one attached hydrogen (secondary N) is 1. The molecule has 0 aromatic rings. The normalized spacial score (nSPS) is 23.9. The summed E-state index contributed by atoms with van der Waals surface area (Å²) in [6.45, 7) is 5.35. The Balaban J connectivity index is 1.89. The van der Waals surface area contributed by atoms with Crippen LogP contribution in [0.1, 0.15) is 52.4 Å². The summed E-state index contributed by atoms with van der Waals surface area (Å²) in [7, 11) is 0. The van der Waals surface area contributed by atoms with Gasteiger partial charge in [0.15, 0.2) is 0 Å². The summed E-state index contributed by atoms with van der Waals surface area (Å²) in [5, 5.41) is 3.47. The molecule has 2 fully saturated rings. The highest BCUT2D eigenvalue weighted by molar-refractivity contribution is 5.80. The Morgan fingerprint density at radius 3 is 2.47 bits per heavy atom. The van der Waals surface area contributed by atoms with Gasteiger partial charge in [0, 0.05) is 0 Å². The average molecular weight is 239 g/mol. The first-order chi connectivity index (χ1) is 8.14. The van der Waals surface area contributed by atoms with Crippen LogP contribution in [-0.4, -0.2) is 24.7 Å². The number of hydrogen-bond donors (Lipinski definition) is 1. The van der Waals surface area contributed by atoms with E-state index < -0.39 is 5.54 Å². The number of carbonyl (C=O) groups excluding carboxylic acids is 1. The van der Waals surface area contributed by atoms with Crippen molar-refractivity contribution in [1.29, 1.82) is 0 Å². The van der Waals surface area contributed by atoms with Crippen molar-refractivity contribution >= 4 is 5.97 Å². The van der Waals surface area contributed by atoms with Gasteiger partial charge in [0.25, 0.3) is 0 Å². The van der Waals surface area contributed by atoms with Crippen molar-refractivity contribution in [2.45, 2.75) is 57.9 Å². The SMILES string of the molecule is CCOC(=O)C(C)(CC1CCC1)NCC1CC1. The Morgan fingerprint density at radius 2 is 2.00 bits per heavy atom. The fourth-order valence-corrected chi connectivity index (χ4v) is 2.48. The molecular weight excluding hydrogens is 214 g/mol. The molecule has 0 bridgehead atoms. The van der Waals surface area contributed by atoms with Gasteiger partial charge in [-0.05, 0) is 51.5 Å². The molecule has 2 aliphatic carbocycles. The molecule has 0 heterocycles. The van der Waals surface area contributed by atoms with Crippen molar-refractivity contribution in [3.8, 4) is 0 Å². The van der Waals surface area contributed by atoms with Crippen LogP contribution in [0.15, 0.2) is 0 Å². The molecule has 0 aromatic heterocycles. The van der Waals surface area contributed by atoms with Gasteiger partial charge in [0.05, 0.1) is 6.61 Å². The maximum absolute atomic E-state index is 12.1. The van der Waals surface area contributed by atoms with Gasteiger partial charge in [-0.2, -0.15) is 0 Å². The number of esters is 1. The van der Waals surface area contributed by atoms with E-state index in [4.69, 9.17) is 4.74 Å². The van der Waals surface area contributed by atoms with Crippen molar-refractivity contribution in [3.05, 3.63) is 0 Å². The molecule has 98 valence electrons. The van der Waals surface area contributed by atoms with E-state index in [1.807, 2.05) is 13.8 Å². The summed E-state index contributed by atoms with van der Waals surface area (Å²) < 4.78 is 5.23. The molecule has 17 heavy (non-hydrogen) atoms. The van der Waals surface area contributed by atoms with E-state index in [1.54, 1.807) is 0 Å². The van der Waals surface area contributed by atoms with E-state index >= 15 is 0 Å². The van der Waals surface area contributed by atoms with E-state index in [2.05, 4.69) is 5.32 Å². The van der Waals surface area contributed by atoms with Crippen LogP contribution in [0.3, 0.4) is 0 Å². The number of ether oxygens (including phenoxy) is 1. The first-order valence-electron chi connectivity index (χ1n) is 7.06. The molecule has 0 amide bonds. The lowest BCUT2D eigenvalue weighted by atomic mass is 9.76. The number of hydrogen-bond acceptors (Lipinski definition) is 3. The lowest BCUT2D eigenvalue weighted by molar-refractivity contribution is -0.151. The third kappa shape index (κ3) is 3.44. The molecule has 2 saturated carbocycles. The predicted molar refractivity (Wildman–Crippen MR) is 67.7 cm³/mol. The average Bonchev–Trinajstić information content (AvgIpc) is 3.05. The second-order valence-electron chi connectivity index (χ2n) is 5.88. The van der Waals surface area contributed by atoms with Crippen LogP contribution < -0.4 is 5.32 Å². The summed E-state index contributed by atoms with van der Waals surface area (Å²) in [6, 6.07) is 0. The molecule has 1 atom stereocenters. The molecular formula is C14H25NO2. The fourth-order valence-electron chi connectivity index (χ4n) is 2.48. The molecule has 2 rings (SSSR count). The Kier molecular flexibility index (Phi) is 4.08. The maximum Gasteiger partial charge on any atom is 0.326 e. The molecule has 0 saturated heterocycles. The van der Waals surface area contributed by atoms with Crippen LogP contribution in [0.2, 0.25) is 0 Å². The van der Waals surface area contributed by atoms with Gasteiger partial charge in [0.2, 0.25) is 0 Å². The maximum atomic E-state index is 12.1. The van der Waals surface area contributed by atoms with Crippen LogP contribution in [0.25, 0.3) is 0 Å². The fraction of sp³-hybridized carbons (Fsp3) is 0.929. The standard InChI is InChI=1S/C14H25NO2/c1-3-17-13(16)14(2,9-11-5-4-6-11)15-10-12-7-8-12/h11-12,15H,3-10H2,1-2H3. The smallest absolute Gasteiger partial charge is 0.326 e. The first kappa shape index (κ1) is 12.9. The third-order valence-electron chi connectivity index (χ3n) is 4.13. The van der Waals surface area contributed by atoms with E-state index in [0.717, 1.165) is 24.8 Å². The molecule has 0 aliphatic heterocycles. The van der Waals surface area contributed by atoms with Crippen molar-refractivity contribution in [2.75, 3.05) is 13.2 Å². The van der Waals surface area contributed by atoms with Gasteiger partial charge in [-0.25, -0.2) is 0 Å². The minimum absolute atomic E-state index is 0.0625. The summed E-state index contributed by atoms with van der Waals surface area (Å²) in [5.74, 6) is 1.45. The van der Waals surface area contributed by atoms with Crippen LogP contribution >= 0.6 is 0 Å². The molecule has 0 aromatic carbocycles. The zero-order chi connectivity index (χ0) is 12.3. The number of rotatable bonds is 7. The Morgan fingerprint density at radius 1 is 1.29 bits per heavy atom. The minimum atomic E-state index is -0.455. The monoisotopic (exact) mass is 239 g/mol. The van der Waals surface area contributed by atoms with E-state index in [9.17, 15) is 4.79 Å². The Bertz CT molecular complexity index is 271. The second-order valence-corrected chi connectivity index (χ2v) is 5.88. The highest BCUT2D eigenvalue weighted by Gasteiger charge is 2.39. The lowest BCUT2D eigenvalue weighted by Crippen LogP contribution is -2.52. The molecule has 1 unspecified atom stereocenters. The summed E-state index contributed by atoms with van der Waals surface area (Å²) >= 11 is 0. The molecule has 0 radical (unpaired) electrons. The molecule has 2 aliphatic rings. The zero-order valence-corrected chi connectivity index (χ0v) is 11.1. The summed E-state index contributed by atoms with van der Waals surface area (Å²) in [5.41, 5.74) is -0.455. The van der Waals surface area contributed by atoms with Gasteiger partial charge in [0.1, 0.15) is 5.54 Å². The first-order valence-corrected chi connectivity index (χ1v) is 7.06. The molecule has 1 N–H and O–H groups in total. The van der Waals surface area contributed by atoms with E-state index in [1.165, 1.54) is 32.1 Å². The Hall–Kier alpha value is -0.570. The lowest BCUT2D eigenvalue weighted by Gasteiger charge is -2.36. The van der Waals surface area contributed by atoms with Crippen LogP contribution in [0.4, 0.5) is 0 Å². The van der Waals surface area contributed by atoms with Crippen LogP contribution in [0, 0.1) is 11.8 Å². The van der Waals surface area contributed by atoms with Crippen molar-refractivity contribution in [2.24, 2.45) is 11.8 Å². The van der Waals surface area contributed by atoms with Crippen LogP contribution in [0.5, 0.6) is 0 Å². The largest absolute Gasteiger partial charge is 0.465 e. The van der Waals surface area contributed by atoms with Crippen molar-refractivity contribution in [1.82, 2.24) is 5.32 Å². The molecule has 0 spiro atoms. The predicted octanol–water partition coefficient (Wildman–Crippen LogP) is 2.50. The quantitative estimate of drug-likeness (QED) is 0.694. The molecule has 3 heteroatoms. The Labute approximate surface area is 104 Å². The number of carbonyl (C=O) groups is 1. The second kappa shape index (κ2) is 5.38. The zero-order valence-electron chi connectivity index (χ0n) is 11.1. The van der Waals surface area contributed by atoms with E-state index in [0.29, 0.717) is 6.61 Å². The van der Waals surface area contributed by atoms with Crippen molar-refractivity contribution in [3.63, 3.8) is 0 Å². The summed E-state index contributed by atoms with van der Waals surface area (Å²) in [4.78, 5) is 12.1. The molecule has 3 nitrogen and oxygen atoms in total.